The maximum absolute atomic E-state index is 12.0. The van der Waals surface area contributed by atoms with Crippen LogP contribution in [-0.4, -0.2) is 36.0 Å². The molecule has 3 aliphatic heterocycles. The van der Waals surface area contributed by atoms with Gasteiger partial charge in [-0.1, -0.05) is 20.8 Å². The fourth-order valence-corrected chi connectivity index (χ4v) is 7.16. The lowest BCUT2D eigenvalue weighted by molar-refractivity contribution is -0.136. The van der Waals surface area contributed by atoms with Crippen molar-refractivity contribution in [2.75, 3.05) is 6.61 Å². The number of carbonyl (C=O) groups excluding carboxylic acids is 1. The average Bonchev–Trinajstić information content (AvgIpc) is 3.41. The lowest BCUT2D eigenvalue weighted by Gasteiger charge is -2.53. The minimum Gasteiger partial charge on any atom is -0.458 e. The van der Waals surface area contributed by atoms with Crippen LogP contribution in [0.25, 0.3) is 0 Å². The number of hydrogen-bond donors (Lipinski definition) is 0. The number of carbonyl (C=O) groups is 1. The summed E-state index contributed by atoms with van der Waals surface area (Å²) in [5.74, 6) is 1.73. The highest BCUT2D eigenvalue weighted by Crippen LogP contribution is 2.79. The third-order valence-corrected chi connectivity index (χ3v) is 8.57. The van der Waals surface area contributed by atoms with Crippen LogP contribution < -0.4 is 0 Å². The molecule has 2 saturated heterocycles. The van der Waals surface area contributed by atoms with Crippen LogP contribution in [0.3, 0.4) is 0 Å². The van der Waals surface area contributed by atoms with Gasteiger partial charge in [0.2, 0.25) is 0 Å². The van der Waals surface area contributed by atoms with Gasteiger partial charge in [0.25, 0.3) is 0 Å². The zero-order chi connectivity index (χ0) is 16.5. The van der Waals surface area contributed by atoms with E-state index in [9.17, 15) is 4.79 Å². The molecule has 3 aliphatic carbocycles. The maximum atomic E-state index is 12.0. The highest BCUT2D eigenvalue weighted by Gasteiger charge is 2.90. The van der Waals surface area contributed by atoms with E-state index in [1.165, 1.54) is 12.0 Å². The van der Waals surface area contributed by atoms with Crippen LogP contribution in [0.1, 0.15) is 52.9 Å². The molecule has 7 atom stereocenters. The van der Waals surface area contributed by atoms with E-state index in [1.54, 1.807) is 0 Å². The molecule has 0 aromatic rings. The van der Waals surface area contributed by atoms with E-state index in [0.29, 0.717) is 36.6 Å². The number of fused-ring (bicyclic) bond motifs is 2. The minimum absolute atomic E-state index is 0.0301. The molecule has 4 nitrogen and oxygen atoms in total. The van der Waals surface area contributed by atoms with E-state index in [-0.39, 0.29) is 22.6 Å². The van der Waals surface area contributed by atoms with Crippen LogP contribution in [-0.2, 0) is 19.0 Å². The van der Waals surface area contributed by atoms with E-state index in [2.05, 4.69) is 20.8 Å². The molecule has 2 spiro atoms. The van der Waals surface area contributed by atoms with Crippen molar-refractivity contribution in [2.24, 2.45) is 23.2 Å². The van der Waals surface area contributed by atoms with Gasteiger partial charge in [-0.15, -0.1) is 0 Å². The number of hydrogen-bond acceptors (Lipinski definition) is 4. The highest BCUT2D eigenvalue weighted by atomic mass is 16.7. The fraction of sp³-hybridized carbons (Fsp3) is 0.850. The van der Waals surface area contributed by atoms with Crippen molar-refractivity contribution in [3.63, 3.8) is 0 Å². The van der Waals surface area contributed by atoms with Gasteiger partial charge in [-0.2, -0.15) is 0 Å². The average molecular weight is 330 g/mol. The van der Waals surface area contributed by atoms with Crippen LogP contribution >= 0.6 is 0 Å². The first kappa shape index (κ1) is 14.3. The molecular weight excluding hydrogens is 304 g/mol. The highest BCUT2D eigenvalue weighted by molar-refractivity contribution is 5.92. The summed E-state index contributed by atoms with van der Waals surface area (Å²) in [6, 6.07) is 0. The monoisotopic (exact) mass is 330 g/mol. The van der Waals surface area contributed by atoms with E-state index in [4.69, 9.17) is 14.2 Å². The van der Waals surface area contributed by atoms with Crippen LogP contribution in [0, 0.1) is 23.2 Å². The largest absolute Gasteiger partial charge is 0.458 e. The van der Waals surface area contributed by atoms with Gasteiger partial charge in [0.05, 0.1) is 12.2 Å². The smallest absolute Gasteiger partial charge is 0.334 e. The quantitative estimate of drug-likeness (QED) is 0.548. The van der Waals surface area contributed by atoms with Crippen molar-refractivity contribution in [2.45, 2.75) is 76.3 Å². The van der Waals surface area contributed by atoms with Crippen LogP contribution in [0.5, 0.6) is 0 Å². The van der Waals surface area contributed by atoms with Crippen molar-refractivity contribution in [3.8, 4) is 0 Å². The lowest BCUT2D eigenvalue weighted by atomic mass is 9.47. The second-order valence-electron chi connectivity index (χ2n) is 9.57. The Kier molecular flexibility index (Phi) is 2.35. The third kappa shape index (κ3) is 1.30. The number of esters is 1. The number of rotatable bonds is 1. The van der Waals surface area contributed by atoms with Gasteiger partial charge in [-0.25, -0.2) is 4.79 Å². The summed E-state index contributed by atoms with van der Waals surface area (Å²) >= 11 is 0. The van der Waals surface area contributed by atoms with Gasteiger partial charge in [0.1, 0.15) is 17.8 Å². The summed E-state index contributed by atoms with van der Waals surface area (Å²) in [4.78, 5) is 12.0. The summed E-state index contributed by atoms with van der Waals surface area (Å²) in [6.45, 7) is 7.59. The first-order valence-electron chi connectivity index (χ1n) is 9.67. The Hall–Kier alpha value is -0.870. The Morgan fingerprint density at radius 1 is 1.17 bits per heavy atom. The first-order valence-corrected chi connectivity index (χ1v) is 9.67. The van der Waals surface area contributed by atoms with Gasteiger partial charge >= 0.3 is 5.97 Å². The standard InChI is InChI=1S/C20H26O4/c1-10(2)11-6-16-20(24-16)18(3)5-4-12-13(9-22-17(12)21)14(18)7-15-19(20,8-11)23-15/h10-11,14-16H,4-9H2,1-3H3. The molecule has 2 saturated carbocycles. The Balaban J connectivity index is 1.44. The van der Waals surface area contributed by atoms with Crippen molar-refractivity contribution < 1.29 is 19.0 Å². The van der Waals surface area contributed by atoms with Crippen LogP contribution in [0.2, 0.25) is 0 Å². The summed E-state index contributed by atoms with van der Waals surface area (Å²) in [5, 5.41) is 0. The van der Waals surface area contributed by atoms with Gasteiger partial charge < -0.3 is 14.2 Å². The van der Waals surface area contributed by atoms with Gasteiger partial charge in [-0.05, 0) is 55.4 Å². The SMILES string of the molecule is CC(C)C1CC2OC23C2(C)CCC4=C(COC4=O)C2CC2OC23C1. The predicted molar refractivity (Wildman–Crippen MR) is 86.2 cm³/mol. The topological polar surface area (TPSA) is 51.4 Å². The zero-order valence-corrected chi connectivity index (χ0v) is 14.8. The Morgan fingerprint density at radius 3 is 2.79 bits per heavy atom. The molecule has 0 N–H and O–H groups in total. The van der Waals surface area contributed by atoms with Crippen molar-refractivity contribution in [3.05, 3.63) is 11.1 Å². The zero-order valence-electron chi connectivity index (χ0n) is 14.8. The van der Waals surface area contributed by atoms with Gasteiger partial charge in [-0.3, -0.25) is 0 Å². The van der Waals surface area contributed by atoms with E-state index in [0.717, 1.165) is 31.3 Å². The second kappa shape index (κ2) is 3.93. The number of epoxide rings is 2. The third-order valence-electron chi connectivity index (χ3n) is 8.57. The Bertz CT molecular complexity index is 696. The van der Waals surface area contributed by atoms with E-state index < -0.39 is 0 Å². The van der Waals surface area contributed by atoms with E-state index >= 15 is 0 Å². The lowest BCUT2D eigenvalue weighted by Crippen LogP contribution is -2.61. The molecule has 24 heavy (non-hydrogen) atoms. The number of cyclic esters (lactones) is 1. The molecule has 6 rings (SSSR count). The maximum Gasteiger partial charge on any atom is 0.334 e. The van der Waals surface area contributed by atoms with Crippen molar-refractivity contribution in [1.82, 2.24) is 0 Å². The van der Waals surface area contributed by atoms with Crippen LogP contribution in [0.4, 0.5) is 0 Å². The molecule has 130 valence electrons. The number of ether oxygens (including phenoxy) is 3. The van der Waals surface area contributed by atoms with Gasteiger partial charge in [0.15, 0.2) is 0 Å². The van der Waals surface area contributed by atoms with Crippen LogP contribution in [0.15, 0.2) is 11.1 Å². The summed E-state index contributed by atoms with van der Waals surface area (Å²) in [5.41, 5.74) is 2.21. The first-order chi connectivity index (χ1) is 11.4. The molecule has 0 aromatic carbocycles. The molecule has 4 fully saturated rings. The summed E-state index contributed by atoms with van der Waals surface area (Å²) in [7, 11) is 0. The van der Waals surface area contributed by atoms with Crippen molar-refractivity contribution in [1.29, 1.82) is 0 Å². The molecule has 0 bridgehead atoms. The molecule has 0 aromatic heterocycles. The Labute approximate surface area is 142 Å². The fourth-order valence-electron chi connectivity index (χ4n) is 7.16. The Morgan fingerprint density at radius 2 is 2.00 bits per heavy atom. The molecule has 3 heterocycles. The molecule has 6 aliphatic rings. The molecular formula is C20H26O4. The predicted octanol–water partition coefficient (Wildman–Crippen LogP) is 3.00. The van der Waals surface area contributed by atoms with E-state index in [1.807, 2.05) is 0 Å². The summed E-state index contributed by atoms with van der Waals surface area (Å²) in [6.07, 6.45) is 5.96. The molecule has 0 amide bonds. The molecule has 0 radical (unpaired) electrons. The van der Waals surface area contributed by atoms with Gasteiger partial charge in [0, 0.05) is 11.0 Å². The normalized spacial score (nSPS) is 56.8. The second-order valence-corrected chi connectivity index (χ2v) is 9.57. The summed E-state index contributed by atoms with van der Waals surface area (Å²) < 4.78 is 18.4. The van der Waals surface area contributed by atoms with Crippen molar-refractivity contribution >= 4 is 5.97 Å². The minimum atomic E-state index is -0.0941. The molecule has 4 heteroatoms. The molecule has 7 unspecified atom stereocenters.